The number of benzene rings is 1. The zero-order valence-corrected chi connectivity index (χ0v) is 10.9. The van der Waals surface area contributed by atoms with Crippen LogP contribution < -0.4 is 5.32 Å². The van der Waals surface area contributed by atoms with Crippen molar-refractivity contribution >= 4 is 5.69 Å². The van der Waals surface area contributed by atoms with Gasteiger partial charge in [0.1, 0.15) is 0 Å². The molecule has 3 rings (SSSR count). The van der Waals surface area contributed by atoms with E-state index in [1.54, 1.807) is 0 Å². The van der Waals surface area contributed by atoms with Gasteiger partial charge in [-0.25, -0.2) is 0 Å². The van der Waals surface area contributed by atoms with E-state index in [4.69, 9.17) is 0 Å². The van der Waals surface area contributed by atoms with E-state index in [0.717, 1.165) is 12.1 Å². The van der Waals surface area contributed by atoms with Crippen LogP contribution in [0.3, 0.4) is 0 Å². The summed E-state index contributed by atoms with van der Waals surface area (Å²) in [6, 6.07) is 12.6. The van der Waals surface area contributed by atoms with Crippen molar-refractivity contribution in [3.8, 4) is 11.3 Å². The molecule has 0 radical (unpaired) electrons. The van der Waals surface area contributed by atoms with Gasteiger partial charge in [0.25, 0.3) is 0 Å². The molecule has 0 saturated carbocycles. The van der Waals surface area contributed by atoms with Crippen LogP contribution in [-0.4, -0.2) is 10.5 Å². The van der Waals surface area contributed by atoms with Crippen LogP contribution in [-0.2, 0) is 6.42 Å². The molecular weight excluding hydrogens is 220 g/mol. The van der Waals surface area contributed by atoms with Crippen molar-refractivity contribution in [2.45, 2.75) is 32.2 Å². The maximum atomic E-state index is 4.41. The van der Waals surface area contributed by atoms with Gasteiger partial charge in [0.15, 0.2) is 0 Å². The maximum absolute atomic E-state index is 4.41. The van der Waals surface area contributed by atoms with E-state index in [2.05, 4.69) is 48.4 Å². The Balaban J connectivity index is 2.01. The van der Waals surface area contributed by atoms with E-state index in [9.17, 15) is 0 Å². The van der Waals surface area contributed by atoms with Gasteiger partial charge in [-0.3, -0.25) is 4.98 Å². The van der Waals surface area contributed by atoms with Crippen molar-refractivity contribution in [1.82, 2.24) is 4.98 Å². The van der Waals surface area contributed by atoms with Crippen LogP contribution in [0.2, 0.25) is 0 Å². The van der Waals surface area contributed by atoms with Crippen molar-refractivity contribution in [2.24, 2.45) is 0 Å². The number of nitrogens with zero attached hydrogens (tertiary/aromatic N) is 1. The van der Waals surface area contributed by atoms with E-state index >= 15 is 0 Å². The highest BCUT2D eigenvalue weighted by Crippen LogP contribution is 2.33. The second-order valence-corrected chi connectivity index (χ2v) is 5.60. The SMILES string of the molecule is CC1(C)CCc2ccc(-c3ccccn3)cc2N1. The molecule has 0 saturated heterocycles. The lowest BCUT2D eigenvalue weighted by atomic mass is 9.88. The first kappa shape index (κ1) is 11.3. The maximum Gasteiger partial charge on any atom is 0.0702 e. The van der Waals surface area contributed by atoms with Crippen molar-refractivity contribution in [1.29, 1.82) is 0 Å². The van der Waals surface area contributed by atoms with Crippen LogP contribution in [0.25, 0.3) is 11.3 Å². The van der Waals surface area contributed by atoms with Crippen molar-refractivity contribution in [3.63, 3.8) is 0 Å². The Labute approximate surface area is 108 Å². The molecule has 2 heteroatoms. The monoisotopic (exact) mass is 238 g/mol. The van der Waals surface area contributed by atoms with Gasteiger partial charge in [0.05, 0.1) is 5.69 Å². The summed E-state index contributed by atoms with van der Waals surface area (Å²) in [4.78, 5) is 4.41. The first-order valence-corrected chi connectivity index (χ1v) is 6.47. The summed E-state index contributed by atoms with van der Waals surface area (Å²) in [6.07, 6.45) is 4.17. The summed E-state index contributed by atoms with van der Waals surface area (Å²) in [5.74, 6) is 0. The number of anilines is 1. The zero-order valence-electron chi connectivity index (χ0n) is 10.9. The summed E-state index contributed by atoms with van der Waals surface area (Å²) < 4.78 is 0. The van der Waals surface area contributed by atoms with Gasteiger partial charge < -0.3 is 5.32 Å². The van der Waals surface area contributed by atoms with Crippen molar-refractivity contribution < 1.29 is 0 Å². The molecule has 92 valence electrons. The number of hydrogen-bond donors (Lipinski definition) is 1. The third-order valence-electron chi connectivity index (χ3n) is 3.56. The predicted octanol–water partition coefficient (Wildman–Crippen LogP) is 3.89. The minimum Gasteiger partial charge on any atom is -0.380 e. The summed E-state index contributed by atoms with van der Waals surface area (Å²) in [5.41, 5.74) is 5.07. The molecule has 2 heterocycles. The number of aromatic nitrogens is 1. The molecule has 1 N–H and O–H groups in total. The number of hydrogen-bond acceptors (Lipinski definition) is 2. The molecular formula is C16H18N2. The van der Waals surface area contributed by atoms with E-state index in [1.807, 2.05) is 18.3 Å². The molecule has 0 amide bonds. The van der Waals surface area contributed by atoms with Gasteiger partial charge in [-0.05, 0) is 50.5 Å². The quantitative estimate of drug-likeness (QED) is 0.815. The molecule has 1 aromatic heterocycles. The van der Waals surface area contributed by atoms with Gasteiger partial charge in [0, 0.05) is 23.0 Å². The van der Waals surface area contributed by atoms with Gasteiger partial charge in [-0.2, -0.15) is 0 Å². The van der Waals surface area contributed by atoms with Crippen LogP contribution >= 0.6 is 0 Å². The second kappa shape index (κ2) is 4.13. The minimum absolute atomic E-state index is 0.190. The number of nitrogens with one attached hydrogen (secondary N) is 1. The standard InChI is InChI=1S/C16H18N2/c1-16(2)9-8-12-6-7-13(11-15(12)18-16)14-5-3-4-10-17-14/h3-7,10-11,18H,8-9H2,1-2H3. The average Bonchev–Trinajstić information content (AvgIpc) is 2.38. The fraction of sp³-hybridized carbons (Fsp3) is 0.312. The van der Waals surface area contributed by atoms with Crippen molar-refractivity contribution in [2.75, 3.05) is 5.32 Å². The molecule has 0 atom stereocenters. The summed E-state index contributed by atoms with van der Waals surface area (Å²) in [5, 5.41) is 3.62. The van der Waals surface area contributed by atoms with Crippen LogP contribution in [0, 0.1) is 0 Å². The van der Waals surface area contributed by atoms with Crippen LogP contribution in [0.15, 0.2) is 42.6 Å². The van der Waals surface area contributed by atoms with Gasteiger partial charge in [0.2, 0.25) is 0 Å². The highest BCUT2D eigenvalue weighted by atomic mass is 15.0. The van der Waals surface area contributed by atoms with Gasteiger partial charge >= 0.3 is 0 Å². The Bertz CT molecular complexity index is 559. The third kappa shape index (κ3) is 2.10. The van der Waals surface area contributed by atoms with E-state index in [-0.39, 0.29) is 5.54 Å². The number of fused-ring (bicyclic) bond motifs is 1. The molecule has 0 fully saturated rings. The molecule has 0 spiro atoms. The molecule has 1 aliphatic rings. The smallest absolute Gasteiger partial charge is 0.0702 e. The molecule has 1 aromatic carbocycles. The van der Waals surface area contributed by atoms with Crippen LogP contribution in [0.1, 0.15) is 25.8 Å². The minimum atomic E-state index is 0.190. The topological polar surface area (TPSA) is 24.9 Å². The molecule has 0 aliphatic carbocycles. The fourth-order valence-electron chi connectivity index (χ4n) is 2.48. The molecule has 1 aliphatic heterocycles. The Morgan fingerprint density at radius 2 is 2.06 bits per heavy atom. The highest BCUT2D eigenvalue weighted by molar-refractivity contribution is 5.68. The Kier molecular flexibility index (Phi) is 2.58. The Hall–Kier alpha value is -1.83. The number of pyridine rings is 1. The predicted molar refractivity (Wildman–Crippen MR) is 75.7 cm³/mol. The van der Waals surface area contributed by atoms with Crippen molar-refractivity contribution in [3.05, 3.63) is 48.2 Å². The fourth-order valence-corrected chi connectivity index (χ4v) is 2.48. The van der Waals surface area contributed by atoms with E-state index in [1.165, 1.54) is 23.2 Å². The largest absolute Gasteiger partial charge is 0.380 e. The van der Waals surface area contributed by atoms with E-state index < -0.39 is 0 Å². The lowest BCUT2D eigenvalue weighted by molar-refractivity contribution is 0.502. The summed E-state index contributed by atoms with van der Waals surface area (Å²) >= 11 is 0. The summed E-state index contributed by atoms with van der Waals surface area (Å²) in [7, 11) is 0. The Morgan fingerprint density at radius 1 is 1.17 bits per heavy atom. The normalized spacial score (nSPS) is 16.8. The molecule has 2 nitrogen and oxygen atoms in total. The Morgan fingerprint density at radius 3 is 2.83 bits per heavy atom. The molecule has 0 unspecified atom stereocenters. The van der Waals surface area contributed by atoms with Gasteiger partial charge in [-0.1, -0.05) is 18.2 Å². The average molecular weight is 238 g/mol. The number of rotatable bonds is 1. The highest BCUT2D eigenvalue weighted by Gasteiger charge is 2.24. The van der Waals surface area contributed by atoms with E-state index in [0.29, 0.717) is 0 Å². The molecule has 18 heavy (non-hydrogen) atoms. The molecule has 2 aromatic rings. The summed E-state index contributed by atoms with van der Waals surface area (Å²) in [6.45, 7) is 4.51. The first-order chi connectivity index (χ1) is 8.64. The lowest BCUT2D eigenvalue weighted by Gasteiger charge is -2.34. The second-order valence-electron chi connectivity index (χ2n) is 5.60. The first-order valence-electron chi connectivity index (χ1n) is 6.47. The van der Waals surface area contributed by atoms with Crippen LogP contribution in [0.4, 0.5) is 5.69 Å². The van der Waals surface area contributed by atoms with Gasteiger partial charge in [-0.15, -0.1) is 0 Å². The number of aryl methyl sites for hydroxylation is 1. The van der Waals surface area contributed by atoms with Crippen LogP contribution in [0.5, 0.6) is 0 Å². The third-order valence-corrected chi connectivity index (χ3v) is 3.56. The lowest BCUT2D eigenvalue weighted by Crippen LogP contribution is -2.35. The zero-order chi connectivity index (χ0) is 12.6. The molecule has 0 bridgehead atoms.